The number of ether oxygens (including phenoxy) is 1. The van der Waals surface area contributed by atoms with Crippen molar-refractivity contribution in [2.75, 3.05) is 0 Å². The van der Waals surface area contributed by atoms with E-state index in [4.69, 9.17) is 0 Å². The number of hydrogen-bond donors (Lipinski definition) is 2. The Morgan fingerprint density at radius 2 is 1.86 bits per heavy atom. The van der Waals surface area contributed by atoms with Gasteiger partial charge in [0.15, 0.2) is 0 Å². The fourth-order valence-corrected chi connectivity index (χ4v) is 1.01. The van der Waals surface area contributed by atoms with Crippen molar-refractivity contribution in [3.05, 3.63) is 29.8 Å². The fraction of sp³-hybridized carbons (Fsp3) is 0.125. The highest BCUT2D eigenvalue weighted by atomic mass is 32.2. The molecule has 14 heavy (non-hydrogen) atoms. The van der Waals surface area contributed by atoms with Crippen LogP contribution in [0.15, 0.2) is 24.3 Å². The van der Waals surface area contributed by atoms with Crippen LogP contribution in [0.4, 0.5) is 4.79 Å². The number of hydrogen-bond acceptors (Lipinski definition) is 4. The smallest absolute Gasteiger partial charge is 0.410 e. The maximum atomic E-state index is 10.8. The standard InChI is InChI=1S/C8H9NO4S/c1-6-2-4-7(5-3-6)13-8(10)9-14(11)12/h2-5,14H,1H3,(H,9,10,11,12). The van der Waals surface area contributed by atoms with Gasteiger partial charge in [-0.2, -0.15) is 0 Å². The van der Waals surface area contributed by atoms with Gasteiger partial charge in [-0.3, -0.25) is 0 Å². The Bertz CT molecular complexity index is 388. The van der Waals surface area contributed by atoms with Crippen LogP contribution in [-0.4, -0.2) is 14.5 Å². The maximum Gasteiger partial charge on any atom is 0.426 e. The van der Waals surface area contributed by atoms with E-state index >= 15 is 0 Å². The minimum Gasteiger partial charge on any atom is -0.410 e. The SMILES string of the molecule is Cc1ccc(OC(=O)N[SH](=O)=O)cc1. The molecule has 1 aromatic carbocycles. The number of carbonyl (C=O) groups is 1. The molecule has 1 amide bonds. The Morgan fingerprint density at radius 3 is 2.36 bits per heavy atom. The Labute approximate surface area is 82.8 Å². The molecule has 0 aliphatic carbocycles. The lowest BCUT2D eigenvalue weighted by Crippen LogP contribution is -2.24. The summed E-state index contributed by atoms with van der Waals surface area (Å²) in [6.07, 6.45) is -1.01. The maximum absolute atomic E-state index is 10.8. The average molecular weight is 215 g/mol. The van der Waals surface area contributed by atoms with Crippen LogP contribution >= 0.6 is 0 Å². The van der Waals surface area contributed by atoms with Crippen LogP contribution in [-0.2, 0) is 10.9 Å². The van der Waals surface area contributed by atoms with E-state index in [2.05, 4.69) is 4.74 Å². The van der Waals surface area contributed by atoms with Gasteiger partial charge in [0.25, 0.3) is 0 Å². The molecule has 1 N–H and O–H groups in total. The molecule has 0 saturated heterocycles. The molecule has 0 aliphatic rings. The van der Waals surface area contributed by atoms with Gasteiger partial charge >= 0.3 is 6.09 Å². The van der Waals surface area contributed by atoms with E-state index < -0.39 is 17.0 Å². The van der Waals surface area contributed by atoms with Crippen LogP contribution in [0.1, 0.15) is 5.56 Å². The molecule has 0 atom stereocenters. The van der Waals surface area contributed by atoms with Crippen molar-refractivity contribution in [3.63, 3.8) is 0 Å². The summed E-state index contributed by atoms with van der Waals surface area (Å²) in [4.78, 5) is 10.8. The molecule has 0 unspecified atom stereocenters. The van der Waals surface area contributed by atoms with Crippen LogP contribution in [0.3, 0.4) is 0 Å². The topological polar surface area (TPSA) is 72.5 Å². The summed E-state index contributed by atoms with van der Waals surface area (Å²) < 4.78 is 26.4. The van der Waals surface area contributed by atoms with E-state index in [0.29, 0.717) is 5.75 Å². The minimum atomic E-state index is -2.97. The predicted octanol–water partition coefficient (Wildman–Crippen LogP) is 0.610. The predicted molar refractivity (Wildman–Crippen MR) is 50.7 cm³/mol. The molecule has 1 rings (SSSR count). The van der Waals surface area contributed by atoms with Gasteiger partial charge in [-0.15, -0.1) is 0 Å². The average Bonchev–Trinajstić information content (AvgIpc) is 2.07. The van der Waals surface area contributed by atoms with Crippen molar-refractivity contribution in [2.24, 2.45) is 0 Å². The second-order valence-electron chi connectivity index (χ2n) is 2.57. The quantitative estimate of drug-likeness (QED) is 0.709. The molecule has 5 nitrogen and oxygen atoms in total. The summed E-state index contributed by atoms with van der Waals surface area (Å²) in [5, 5.41) is 0. The third kappa shape index (κ3) is 3.44. The molecule has 0 spiro atoms. The molecule has 0 saturated carbocycles. The highest BCUT2D eigenvalue weighted by molar-refractivity contribution is 7.70. The number of rotatable bonds is 2. The van der Waals surface area contributed by atoms with Gasteiger partial charge in [0.05, 0.1) is 0 Å². The molecule has 0 radical (unpaired) electrons. The van der Waals surface area contributed by atoms with Gasteiger partial charge in [0.1, 0.15) is 5.75 Å². The normalized spacial score (nSPS) is 9.86. The van der Waals surface area contributed by atoms with E-state index in [9.17, 15) is 13.2 Å². The molecule has 0 bridgehead atoms. The largest absolute Gasteiger partial charge is 0.426 e. The first kappa shape index (κ1) is 10.5. The van der Waals surface area contributed by atoms with Gasteiger partial charge in [-0.05, 0) is 19.1 Å². The third-order valence-electron chi connectivity index (χ3n) is 1.41. The van der Waals surface area contributed by atoms with Gasteiger partial charge in [0, 0.05) is 0 Å². The van der Waals surface area contributed by atoms with Crippen LogP contribution in [0.25, 0.3) is 0 Å². The zero-order valence-corrected chi connectivity index (χ0v) is 8.28. The number of benzene rings is 1. The summed E-state index contributed by atoms with van der Waals surface area (Å²) in [5.74, 6) is 0.296. The second kappa shape index (κ2) is 4.61. The Morgan fingerprint density at radius 1 is 1.29 bits per heavy atom. The monoisotopic (exact) mass is 215 g/mol. The van der Waals surface area contributed by atoms with Crippen LogP contribution < -0.4 is 9.46 Å². The van der Waals surface area contributed by atoms with E-state index in [0.717, 1.165) is 5.56 Å². The number of aryl methyl sites for hydroxylation is 1. The molecule has 0 fully saturated rings. The molecular formula is C8H9NO4S. The summed E-state index contributed by atoms with van der Waals surface area (Å²) in [7, 11) is -2.97. The van der Waals surface area contributed by atoms with Crippen LogP contribution in [0.5, 0.6) is 5.75 Å². The molecule has 76 valence electrons. The van der Waals surface area contributed by atoms with Crippen LogP contribution in [0.2, 0.25) is 0 Å². The van der Waals surface area contributed by atoms with Crippen molar-refractivity contribution in [2.45, 2.75) is 6.92 Å². The molecule has 0 aromatic heterocycles. The van der Waals surface area contributed by atoms with Crippen LogP contribution in [0, 0.1) is 6.92 Å². The van der Waals surface area contributed by atoms with Gasteiger partial charge in [-0.25, -0.2) is 17.9 Å². The molecule has 0 aliphatic heterocycles. The van der Waals surface area contributed by atoms with Crippen molar-refractivity contribution < 1.29 is 17.9 Å². The lowest BCUT2D eigenvalue weighted by molar-refractivity contribution is 0.207. The zero-order valence-electron chi connectivity index (χ0n) is 7.39. The minimum absolute atomic E-state index is 0.296. The summed E-state index contributed by atoms with van der Waals surface area (Å²) in [6, 6.07) is 6.65. The number of carbonyl (C=O) groups excluding carboxylic acids is 1. The number of amides is 1. The molecule has 0 heterocycles. The summed E-state index contributed by atoms with van der Waals surface area (Å²) >= 11 is 0. The first-order chi connectivity index (χ1) is 6.58. The fourth-order valence-electron chi connectivity index (χ4n) is 0.811. The molecular weight excluding hydrogens is 206 g/mol. The van der Waals surface area contributed by atoms with E-state index in [1.807, 2.05) is 6.92 Å². The van der Waals surface area contributed by atoms with Crippen molar-refractivity contribution in [1.82, 2.24) is 4.72 Å². The second-order valence-corrected chi connectivity index (χ2v) is 3.31. The summed E-state index contributed by atoms with van der Waals surface area (Å²) in [6.45, 7) is 1.89. The first-order valence-electron chi connectivity index (χ1n) is 3.77. The van der Waals surface area contributed by atoms with E-state index in [1.165, 1.54) is 0 Å². The number of thiol groups is 1. The first-order valence-corrected chi connectivity index (χ1v) is 4.95. The van der Waals surface area contributed by atoms with Gasteiger partial charge < -0.3 is 4.74 Å². The highest BCUT2D eigenvalue weighted by Gasteiger charge is 2.03. The van der Waals surface area contributed by atoms with Gasteiger partial charge in [-0.1, -0.05) is 17.7 Å². The van der Waals surface area contributed by atoms with E-state index in [-0.39, 0.29) is 0 Å². The van der Waals surface area contributed by atoms with E-state index in [1.54, 1.807) is 29.0 Å². The van der Waals surface area contributed by atoms with Crippen molar-refractivity contribution >= 4 is 17.0 Å². The van der Waals surface area contributed by atoms with Crippen molar-refractivity contribution in [1.29, 1.82) is 0 Å². The van der Waals surface area contributed by atoms with Crippen molar-refractivity contribution in [3.8, 4) is 5.75 Å². The molecule has 1 aromatic rings. The number of nitrogens with one attached hydrogen (secondary N) is 1. The Kier molecular flexibility index (Phi) is 3.47. The molecule has 6 heteroatoms. The van der Waals surface area contributed by atoms with Gasteiger partial charge in [0.2, 0.25) is 10.9 Å². The Hall–Kier alpha value is -1.56. The summed E-state index contributed by atoms with van der Waals surface area (Å²) in [5.41, 5.74) is 1.02. The Balaban J connectivity index is 2.60. The lowest BCUT2D eigenvalue weighted by Gasteiger charge is -2.01. The third-order valence-corrected chi connectivity index (χ3v) is 1.78. The zero-order chi connectivity index (χ0) is 10.6. The lowest BCUT2D eigenvalue weighted by atomic mass is 10.2. The highest BCUT2D eigenvalue weighted by Crippen LogP contribution is 2.11.